The van der Waals surface area contributed by atoms with Crippen molar-refractivity contribution in [3.05, 3.63) is 108 Å². The molecule has 2 N–H and O–H groups in total. The summed E-state index contributed by atoms with van der Waals surface area (Å²) in [6, 6.07) is 25.6. The molecule has 2 aromatic heterocycles. The molecule has 0 aliphatic carbocycles. The van der Waals surface area contributed by atoms with E-state index in [9.17, 15) is 9.90 Å². The number of anilines is 1. The number of carbonyl (C=O) groups is 1. The SMILES string of the molecule is Cc1ccc(-c2ccccc2C(=O)Nc2oc(-c3ccccc3)nc2-c2cccnc2)c(O)c1. The van der Waals surface area contributed by atoms with Gasteiger partial charge in [0.2, 0.25) is 11.8 Å². The minimum atomic E-state index is -0.378. The number of aromatic nitrogens is 2. The molecule has 0 unspecified atom stereocenters. The lowest BCUT2D eigenvalue weighted by Crippen LogP contribution is -2.13. The molecule has 0 bridgehead atoms. The van der Waals surface area contributed by atoms with Crippen LogP contribution in [0.15, 0.2) is 102 Å². The van der Waals surface area contributed by atoms with E-state index < -0.39 is 0 Å². The van der Waals surface area contributed by atoms with Crippen LogP contribution in [0.3, 0.4) is 0 Å². The Morgan fingerprint density at radius 1 is 0.882 bits per heavy atom. The van der Waals surface area contributed by atoms with Crippen molar-refractivity contribution in [1.29, 1.82) is 0 Å². The average molecular weight is 447 g/mol. The van der Waals surface area contributed by atoms with Crippen LogP contribution in [-0.2, 0) is 0 Å². The van der Waals surface area contributed by atoms with Gasteiger partial charge in [0.1, 0.15) is 11.4 Å². The second-order valence-electron chi connectivity index (χ2n) is 7.82. The maximum Gasteiger partial charge on any atom is 0.258 e. The van der Waals surface area contributed by atoms with Crippen LogP contribution in [0.25, 0.3) is 33.8 Å². The number of phenols is 1. The highest BCUT2D eigenvalue weighted by Gasteiger charge is 2.21. The van der Waals surface area contributed by atoms with Gasteiger partial charge in [-0.2, -0.15) is 0 Å². The first kappa shape index (κ1) is 21.2. The third-order valence-corrected chi connectivity index (χ3v) is 5.43. The molecule has 2 heterocycles. The highest BCUT2D eigenvalue weighted by molar-refractivity contribution is 6.09. The number of hydrogen-bond donors (Lipinski definition) is 2. The van der Waals surface area contributed by atoms with Gasteiger partial charge in [-0.1, -0.05) is 48.5 Å². The van der Waals surface area contributed by atoms with Gasteiger partial charge in [-0.15, -0.1) is 0 Å². The largest absolute Gasteiger partial charge is 0.507 e. The number of pyridine rings is 1. The van der Waals surface area contributed by atoms with Crippen LogP contribution >= 0.6 is 0 Å². The number of hydrogen-bond acceptors (Lipinski definition) is 5. The zero-order valence-corrected chi connectivity index (χ0v) is 18.4. The maximum absolute atomic E-state index is 13.4. The van der Waals surface area contributed by atoms with E-state index in [1.165, 1.54) is 0 Å². The minimum absolute atomic E-state index is 0.113. The van der Waals surface area contributed by atoms with Crippen LogP contribution in [0.4, 0.5) is 5.88 Å². The van der Waals surface area contributed by atoms with Crippen molar-refractivity contribution in [2.45, 2.75) is 6.92 Å². The van der Waals surface area contributed by atoms with Crippen LogP contribution in [0.1, 0.15) is 15.9 Å². The molecule has 3 aromatic carbocycles. The molecule has 0 atom stereocenters. The normalized spacial score (nSPS) is 10.7. The summed E-state index contributed by atoms with van der Waals surface area (Å²) in [5.74, 6) is 0.345. The Kier molecular flexibility index (Phi) is 5.62. The summed E-state index contributed by atoms with van der Waals surface area (Å²) in [5, 5.41) is 13.4. The minimum Gasteiger partial charge on any atom is -0.507 e. The number of carbonyl (C=O) groups excluding carboxylic acids is 1. The molecule has 0 radical (unpaired) electrons. The summed E-state index contributed by atoms with van der Waals surface area (Å²) in [5.41, 5.74) is 4.51. The second kappa shape index (κ2) is 9.03. The molecule has 6 nitrogen and oxygen atoms in total. The molecular formula is C28H21N3O3. The molecule has 0 fully saturated rings. The van der Waals surface area contributed by atoms with E-state index in [4.69, 9.17) is 4.42 Å². The molecule has 0 saturated heterocycles. The van der Waals surface area contributed by atoms with E-state index in [1.54, 1.807) is 48.8 Å². The third kappa shape index (κ3) is 4.17. The predicted octanol–water partition coefficient (Wildman–Crippen LogP) is 6.34. The molecule has 34 heavy (non-hydrogen) atoms. The number of amides is 1. The number of nitrogens with zero attached hydrogens (tertiary/aromatic N) is 2. The Hall–Kier alpha value is -4.71. The van der Waals surface area contributed by atoms with Gasteiger partial charge in [0.05, 0.1) is 0 Å². The van der Waals surface area contributed by atoms with E-state index in [0.29, 0.717) is 33.8 Å². The van der Waals surface area contributed by atoms with E-state index in [1.807, 2.05) is 55.5 Å². The van der Waals surface area contributed by atoms with Crippen LogP contribution in [0, 0.1) is 6.92 Å². The van der Waals surface area contributed by atoms with E-state index in [2.05, 4.69) is 15.3 Å². The number of rotatable bonds is 5. The van der Waals surface area contributed by atoms with Gasteiger partial charge in [-0.3, -0.25) is 15.1 Å². The Morgan fingerprint density at radius 3 is 2.41 bits per heavy atom. The fraction of sp³-hybridized carbons (Fsp3) is 0.0357. The van der Waals surface area contributed by atoms with Gasteiger partial charge < -0.3 is 9.52 Å². The standard InChI is InChI=1S/C28H21N3O3/c1-18-13-14-22(24(32)16-18)21-11-5-6-12-23(21)26(33)31-28-25(20-10-7-15-29-17-20)30-27(34-28)19-8-3-2-4-9-19/h2-17,32H,1H3,(H,31,33). The topological polar surface area (TPSA) is 88.3 Å². The van der Waals surface area contributed by atoms with Gasteiger partial charge in [0.15, 0.2) is 0 Å². The number of oxazole rings is 1. The molecule has 5 aromatic rings. The van der Waals surface area contributed by atoms with Crippen molar-refractivity contribution in [1.82, 2.24) is 9.97 Å². The summed E-state index contributed by atoms with van der Waals surface area (Å²) in [6.45, 7) is 1.90. The summed E-state index contributed by atoms with van der Waals surface area (Å²) < 4.78 is 6.01. The van der Waals surface area contributed by atoms with Gasteiger partial charge in [0, 0.05) is 34.6 Å². The summed E-state index contributed by atoms with van der Waals surface area (Å²) in [6.07, 6.45) is 3.34. The van der Waals surface area contributed by atoms with Crippen molar-refractivity contribution < 1.29 is 14.3 Å². The molecule has 166 valence electrons. The first-order valence-electron chi connectivity index (χ1n) is 10.8. The first-order chi connectivity index (χ1) is 16.6. The Balaban J connectivity index is 1.55. The third-order valence-electron chi connectivity index (χ3n) is 5.43. The fourth-order valence-electron chi connectivity index (χ4n) is 3.76. The quantitative estimate of drug-likeness (QED) is 0.328. The lowest BCUT2D eigenvalue weighted by molar-refractivity contribution is 0.102. The smallest absolute Gasteiger partial charge is 0.258 e. The van der Waals surface area contributed by atoms with Crippen LogP contribution < -0.4 is 5.32 Å². The van der Waals surface area contributed by atoms with Crippen molar-refractivity contribution in [3.63, 3.8) is 0 Å². The highest BCUT2D eigenvalue weighted by atomic mass is 16.4. The summed E-state index contributed by atoms with van der Waals surface area (Å²) >= 11 is 0. The second-order valence-corrected chi connectivity index (χ2v) is 7.82. The molecular weight excluding hydrogens is 426 g/mol. The number of aromatic hydroxyl groups is 1. The average Bonchev–Trinajstić information content (AvgIpc) is 3.29. The van der Waals surface area contributed by atoms with E-state index in [-0.39, 0.29) is 17.5 Å². The molecule has 0 spiro atoms. The van der Waals surface area contributed by atoms with Gasteiger partial charge in [-0.05, 0) is 54.4 Å². The number of benzene rings is 3. The summed E-state index contributed by atoms with van der Waals surface area (Å²) in [4.78, 5) is 22.2. The fourth-order valence-corrected chi connectivity index (χ4v) is 3.76. The van der Waals surface area contributed by atoms with E-state index in [0.717, 1.165) is 11.1 Å². The lowest BCUT2D eigenvalue weighted by Gasteiger charge is -2.11. The van der Waals surface area contributed by atoms with Crippen molar-refractivity contribution >= 4 is 11.8 Å². The van der Waals surface area contributed by atoms with Gasteiger partial charge in [-0.25, -0.2) is 4.98 Å². The van der Waals surface area contributed by atoms with Crippen molar-refractivity contribution in [2.24, 2.45) is 0 Å². The van der Waals surface area contributed by atoms with Gasteiger partial charge >= 0.3 is 0 Å². The van der Waals surface area contributed by atoms with Gasteiger partial charge in [0.25, 0.3) is 5.91 Å². The highest BCUT2D eigenvalue weighted by Crippen LogP contribution is 2.35. The summed E-state index contributed by atoms with van der Waals surface area (Å²) in [7, 11) is 0. The maximum atomic E-state index is 13.4. The van der Waals surface area contributed by atoms with Crippen molar-refractivity contribution in [3.8, 4) is 39.6 Å². The van der Waals surface area contributed by atoms with Crippen LogP contribution in [-0.4, -0.2) is 21.0 Å². The van der Waals surface area contributed by atoms with Crippen LogP contribution in [0.2, 0.25) is 0 Å². The Morgan fingerprint density at radius 2 is 1.65 bits per heavy atom. The number of phenolic OH excluding ortho intramolecular Hbond substituents is 1. The first-order valence-corrected chi connectivity index (χ1v) is 10.8. The zero-order valence-electron chi connectivity index (χ0n) is 18.4. The molecule has 0 saturated carbocycles. The van der Waals surface area contributed by atoms with E-state index >= 15 is 0 Å². The monoisotopic (exact) mass is 447 g/mol. The zero-order chi connectivity index (χ0) is 23.5. The molecule has 6 heteroatoms. The van der Waals surface area contributed by atoms with Crippen LogP contribution in [0.5, 0.6) is 5.75 Å². The van der Waals surface area contributed by atoms with Crippen molar-refractivity contribution in [2.75, 3.05) is 5.32 Å². The molecule has 0 aliphatic heterocycles. The molecule has 0 aliphatic rings. The molecule has 1 amide bonds. The predicted molar refractivity (Wildman–Crippen MR) is 131 cm³/mol. The molecule has 5 rings (SSSR count). The Bertz CT molecular complexity index is 1460. The number of nitrogens with one attached hydrogen (secondary N) is 1. The Labute approximate surface area is 196 Å². The lowest BCUT2D eigenvalue weighted by atomic mass is 9.97. The number of aryl methyl sites for hydroxylation is 1.